The molecule has 0 spiro atoms. The zero-order valence-corrected chi connectivity index (χ0v) is 10.9. The van der Waals surface area contributed by atoms with E-state index in [0.29, 0.717) is 12.6 Å². The minimum atomic E-state index is 0.00356. The van der Waals surface area contributed by atoms with Gasteiger partial charge in [-0.1, -0.05) is 13.8 Å². The van der Waals surface area contributed by atoms with Gasteiger partial charge in [0.2, 0.25) is 5.91 Å². The SMILES string of the molecule is CC(C)C(=O)N1CCCC(Oc2ncccn2)C1. The molecule has 1 unspecified atom stereocenters. The van der Waals surface area contributed by atoms with Gasteiger partial charge in [-0.25, -0.2) is 9.97 Å². The molecule has 0 N–H and O–H groups in total. The van der Waals surface area contributed by atoms with Crippen molar-refractivity contribution < 1.29 is 9.53 Å². The van der Waals surface area contributed by atoms with Crippen LogP contribution in [0.2, 0.25) is 0 Å². The van der Waals surface area contributed by atoms with Crippen LogP contribution in [0.4, 0.5) is 0 Å². The first-order valence-electron chi connectivity index (χ1n) is 6.39. The number of amides is 1. The van der Waals surface area contributed by atoms with E-state index >= 15 is 0 Å². The van der Waals surface area contributed by atoms with Crippen molar-refractivity contribution in [2.45, 2.75) is 32.8 Å². The van der Waals surface area contributed by atoms with Crippen LogP contribution in [0, 0.1) is 5.92 Å². The second-order valence-electron chi connectivity index (χ2n) is 4.85. The van der Waals surface area contributed by atoms with Crippen LogP contribution in [0.15, 0.2) is 18.5 Å². The monoisotopic (exact) mass is 249 g/mol. The van der Waals surface area contributed by atoms with Gasteiger partial charge in [0, 0.05) is 24.9 Å². The molecule has 18 heavy (non-hydrogen) atoms. The first-order chi connectivity index (χ1) is 8.66. The van der Waals surface area contributed by atoms with Crippen molar-refractivity contribution in [2.75, 3.05) is 13.1 Å². The molecule has 1 atom stereocenters. The van der Waals surface area contributed by atoms with Crippen molar-refractivity contribution in [1.29, 1.82) is 0 Å². The van der Waals surface area contributed by atoms with E-state index in [1.165, 1.54) is 0 Å². The van der Waals surface area contributed by atoms with Crippen molar-refractivity contribution in [3.05, 3.63) is 18.5 Å². The van der Waals surface area contributed by atoms with E-state index in [0.717, 1.165) is 19.4 Å². The van der Waals surface area contributed by atoms with Gasteiger partial charge in [-0.05, 0) is 18.9 Å². The van der Waals surface area contributed by atoms with Gasteiger partial charge >= 0.3 is 6.01 Å². The van der Waals surface area contributed by atoms with Crippen molar-refractivity contribution in [2.24, 2.45) is 5.92 Å². The van der Waals surface area contributed by atoms with Crippen LogP contribution in [-0.4, -0.2) is 40.0 Å². The highest BCUT2D eigenvalue weighted by atomic mass is 16.5. The quantitative estimate of drug-likeness (QED) is 0.814. The first-order valence-corrected chi connectivity index (χ1v) is 6.39. The van der Waals surface area contributed by atoms with Gasteiger partial charge in [0.05, 0.1) is 6.54 Å². The lowest BCUT2D eigenvalue weighted by atomic mass is 10.1. The van der Waals surface area contributed by atoms with Crippen LogP contribution in [0.5, 0.6) is 6.01 Å². The van der Waals surface area contributed by atoms with E-state index in [1.54, 1.807) is 18.5 Å². The maximum atomic E-state index is 11.9. The number of rotatable bonds is 3. The number of ether oxygens (including phenoxy) is 1. The smallest absolute Gasteiger partial charge is 0.316 e. The van der Waals surface area contributed by atoms with Crippen LogP contribution in [0.25, 0.3) is 0 Å². The Bertz CT molecular complexity index is 394. The van der Waals surface area contributed by atoms with E-state index in [9.17, 15) is 4.79 Å². The Morgan fingerprint density at radius 2 is 2.17 bits per heavy atom. The minimum Gasteiger partial charge on any atom is -0.458 e. The van der Waals surface area contributed by atoms with Crippen LogP contribution >= 0.6 is 0 Å². The molecule has 1 saturated heterocycles. The lowest BCUT2D eigenvalue weighted by molar-refractivity contribution is -0.137. The number of carbonyl (C=O) groups excluding carboxylic acids is 1. The molecule has 2 rings (SSSR count). The fourth-order valence-corrected chi connectivity index (χ4v) is 2.10. The Kier molecular flexibility index (Phi) is 4.12. The molecule has 2 heterocycles. The summed E-state index contributed by atoms with van der Waals surface area (Å²) in [6.07, 6.45) is 5.23. The molecule has 0 saturated carbocycles. The lowest BCUT2D eigenvalue weighted by Crippen LogP contribution is -2.46. The van der Waals surface area contributed by atoms with E-state index in [4.69, 9.17) is 4.74 Å². The van der Waals surface area contributed by atoms with Crippen molar-refractivity contribution >= 4 is 5.91 Å². The molecule has 0 aliphatic carbocycles. The molecule has 98 valence electrons. The van der Waals surface area contributed by atoms with Gasteiger partial charge in [-0.3, -0.25) is 4.79 Å². The lowest BCUT2D eigenvalue weighted by Gasteiger charge is -2.33. The third-order valence-electron chi connectivity index (χ3n) is 3.00. The number of nitrogens with zero attached hydrogens (tertiary/aromatic N) is 3. The van der Waals surface area contributed by atoms with Gasteiger partial charge in [-0.2, -0.15) is 0 Å². The maximum absolute atomic E-state index is 11.9. The highest BCUT2D eigenvalue weighted by Crippen LogP contribution is 2.16. The summed E-state index contributed by atoms with van der Waals surface area (Å²) in [5.41, 5.74) is 0. The summed E-state index contributed by atoms with van der Waals surface area (Å²) < 4.78 is 5.70. The molecule has 1 aliphatic rings. The maximum Gasteiger partial charge on any atom is 0.316 e. The molecule has 0 aromatic carbocycles. The summed E-state index contributed by atoms with van der Waals surface area (Å²) in [5.74, 6) is 0.231. The molecule has 1 aliphatic heterocycles. The number of piperidine rings is 1. The minimum absolute atomic E-state index is 0.00356. The number of hydrogen-bond acceptors (Lipinski definition) is 4. The van der Waals surface area contributed by atoms with Crippen molar-refractivity contribution in [1.82, 2.24) is 14.9 Å². The molecule has 1 fully saturated rings. The summed E-state index contributed by atoms with van der Waals surface area (Å²) in [6, 6.07) is 2.14. The molecule has 5 nitrogen and oxygen atoms in total. The molecule has 1 amide bonds. The predicted molar refractivity (Wildman–Crippen MR) is 67.1 cm³/mol. The Labute approximate surface area is 107 Å². The van der Waals surface area contributed by atoms with Gasteiger partial charge in [0.1, 0.15) is 6.10 Å². The second-order valence-corrected chi connectivity index (χ2v) is 4.85. The van der Waals surface area contributed by atoms with E-state index in [-0.39, 0.29) is 17.9 Å². The number of carbonyl (C=O) groups is 1. The Morgan fingerprint density at radius 1 is 1.44 bits per heavy atom. The normalized spacial score (nSPS) is 19.9. The molecule has 1 aromatic heterocycles. The number of likely N-dealkylation sites (tertiary alicyclic amines) is 1. The summed E-state index contributed by atoms with van der Waals surface area (Å²) >= 11 is 0. The van der Waals surface area contributed by atoms with Crippen LogP contribution in [0.1, 0.15) is 26.7 Å². The fourth-order valence-electron chi connectivity index (χ4n) is 2.10. The van der Waals surface area contributed by atoms with Crippen LogP contribution < -0.4 is 4.74 Å². The highest BCUT2D eigenvalue weighted by molar-refractivity contribution is 5.78. The molecule has 0 bridgehead atoms. The summed E-state index contributed by atoms with van der Waals surface area (Å²) in [4.78, 5) is 21.9. The van der Waals surface area contributed by atoms with Crippen molar-refractivity contribution in [3.8, 4) is 6.01 Å². The van der Waals surface area contributed by atoms with E-state index in [1.807, 2.05) is 18.7 Å². The largest absolute Gasteiger partial charge is 0.458 e. The van der Waals surface area contributed by atoms with E-state index in [2.05, 4.69) is 9.97 Å². The third kappa shape index (κ3) is 3.18. The topological polar surface area (TPSA) is 55.3 Å². The average molecular weight is 249 g/mol. The van der Waals surface area contributed by atoms with Gasteiger partial charge < -0.3 is 9.64 Å². The molecular formula is C13H19N3O2. The Morgan fingerprint density at radius 3 is 2.83 bits per heavy atom. The van der Waals surface area contributed by atoms with Gasteiger partial charge in [0.15, 0.2) is 0 Å². The third-order valence-corrected chi connectivity index (χ3v) is 3.00. The molecule has 5 heteroatoms. The number of aromatic nitrogens is 2. The Balaban J connectivity index is 1.93. The summed E-state index contributed by atoms with van der Waals surface area (Å²) in [5, 5.41) is 0. The second kappa shape index (κ2) is 5.80. The predicted octanol–water partition coefficient (Wildman–Crippen LogP) is 1.50. The standard InChI is InChI=1S/C13H19N3O2/c1-10(2)12(17)16-8-3-5-11(9-16)18-13-14-6-4-7-15-13/h4,6-7,10-11H,3,5,8-9H2,1-2H3. The summed E-state index contributed by atoms with van der Waals surface area (Å²) in [6.45, 7) is 5.31. The first kappa shape index (κ1) is 12.8. The summed E-state index contributed by atoms with van der Waals surface area (Å²) in [7, 11) is 0. The zero-order valence-electron chi connectivity index (χ0n) is 10.9. The molecule has 0 radical (unpaired) electrons. The van der Waals surface area contributed by atoms with Gasteiger partial charge in [0.25, 0.3) is 0 Å². The average Bonchev–Trinajstić information content (AvgIpc) is 2.39. The zero-order chi connectivity index (χ0) is 13.0. The highest BCUT2D eigenvalue weighted by Gasteiger charge is 2.26. The number of hydrogen-bond donors (Lipinski definition) is 0. The molecular weight excluding hydrogens is 230 g/mol. The van der Waals surface area contributed by atoms with Crippen LogP contribution in [0.3, 0.4) is 0 Å². The fraction of sp³-hybridized carbons (Fsp3) is 0.615. The van der Waals surface area contributed by atoms with E-state index < -0.39 is 0 Å². The molecule has 1 aromatic rings. The van der Waals surface area contributed by atoms with Crippen LogP contribution in [-0.2, 0) is 4.79 Å². The Hall–Kier alpha value is -1.65. The van der Waals surface area contributed by atoms with Gasteiger partial charge in [-0.15, -0.1) is 0 Å². The van der Waals surface area contributed by atoms with Crippen molar-refractivity contribution in [3.63, 3.8) is 0 Å².